The molecule has 6 nitrogen and oxygen atoms in total. The van der Waals surface area contributed by atoms with E-state index in [-0.39, 0.29) is 23.9 Å². The number of amidine groups is 1. The number of carboxylic acids is 1. The summed E-state index contributed by atoms with van der Waals surface area (Å²) in [5.41, 5.74) is 0.249. The fraction of sp³-hybridized carbons (Fsp3) is 0.469. The van der Waals surface area contributed by atoms with Gasteiger partial charge in [0.05, 0.1) is 6.04 Å². The summed E-state index contributed by atoms with van der Waals surface area (Å²) < 4.78 is 0. The maximum absolute atomic E-state index is 14.6. The molecule has 0 aliphatic carbocycles. The molecule has 1 fully saturated rings. The molecule has 1 amide bonds. The third kappa shape index (κ3) is 4.59. The Hall–Kier alpha value is -2.48. The molecule has 41 heavy (non-hydrogen) atoms. The molecule has 0 bridgehead atoms. The molecule has 1 saturated heterocycles. The van der Waals surface area contributed by atoms with Gasteiger partial charge in [0.1, 0.15) is 16.0 Å². The second kappa shape index (κ2) is 10.4. The van der Waals surface area contributed by atoms with E-state index >= 15 is 0 Å². The van der Waals surface area contributed by atoms with Gasteiger partial charge in [-0.15, -0.1) is 0 Å². The number of nitrogens with zero attached hydrogens (tertiary/aromatic N) is 3. The van der Waals surface area contributed by atoms with Gasteiger partial charge in [-0.25, -0.2) is 9.79 Å². The number of aliphatic carboxylic acids is 1. The molecular weight excluding hydrogens is 577 g/mol. The molecule has 0 saturated carbocycles. The zero-order valence-corrected chi connectivity index (χ0v) is 26.9. The van der Waals surface area contributed by atoms with Crippen molar-refractivity contribution in [3.63, 3.8) is 0 Å². The first-order chi connectivity index (χ1) is 19.1. The first kappa shape index (κ1) is 30.0. The first-order valence-corrected chi connectivity index (χ1v) is 15.6. The zero-order chi connectivity index (χ0) is 30.1. The molecule has 3 aliphatic rings. The number of aliphatic imine (C=N–C) groups is 1. The quantitative estimate of drug-likeness (QED) is 0.368. The molecule has 0 unspecified atom stereocenters. The molecule has 0 radical (unpaired) electrons. The number of carbonyl (C=O) groups is 2. The Labute approximate surface area is 256 Å². The van der Waals surface area contributed by atoms with Crippen molar-refractivity contribution >= 4 is 52.0 Å². The lowest BCUT2D eigenvalue weighted by Gasteiger charge is -2.46. The third-order valence-corrected chi connectivity index (χ3v) is 10.5. The van der Waals surface area contributed by atoms with Gasteiger partial charge in [-0.1, -0.05) is 82.1 Å². The number of likely N-dealkylation sites (tertiary alicyclic amines) is 1. The molecule has 2 aromatic carbocycles. The van der Waals surface area contributed by atoms with Crippen LogP contribution in [0.3, 0.4) is 0 Å². The lowest BCUT2D eigenvalue weighted by Crippen LogP contribution is -2.62. The minimum absolute atomic E-state index is 0.0247. The van der Waals surface area contributed by atoms with Crippen LogP contribution in [-0.4, -0.2) is 43.5 Å². The number of benzene rings is 2. The molecule has 5 rings (SSSR count). The van der Waals surface area contributed by atoms with Crippen LogP contribution in [0.25, 0.3) is 0 Å². The summed E-state index contributed by atoms with van der Waals surface area (Å²) in [4.78, 5) is 37.2. The lowest BCUT2D eigenvalue weighted by atomic mass is 9.71. The molecular formula is C32H37Cl2N3O3S. The number of allylic oxidation sites excluding steroid dienone is 1. The van der Waals surface area contributed by atoms with E-state index in [1.165, 1.54) is 11.8 Å². The molecule has 3 aliphatic heterocycles. The highest BCUT2D eigenvalue weighted by Crippen LogP contribution is 2.57. The number of carboxylic acid groups (broad SMARTS) is 1. The number of rotatable bonds is 5. The SMILES string of the molecule is CC(C)C1=C(C(=O)N2[C@H](C)CC[C@]2(C(=O)O)C(C)(C)C)SC2=N[C@@](C)(c3ccc(Cl)cc3)[C@@H](c3ccc(Cl)cc3)N21. The Balaban J connectivity index is 1.67. The number of amides is 1. The van der Waals surface area contributed by atoms with Crippen LogP contribution in [0, 0.1) is 11.3 Å². The van der Waals surface area contributed by atoms with E-state index in [1.54, 1.807) is 4.90 Å². The van der Waals surface area contributed by atoms with Crippen molar-refractivity contribution < 1.29 is 14.7 Å². The highest BCUT2D eigenvalue weighted by atomic mass is 35.5. The summed E-state index contributed by atoms with van der Waals surface area (Å²) in [7, 11) is 0. The van der Waals surface area contributed by atoms with E-state index in [0.717, 1.165) is 22.0 Å². The van der Waals surface area contributed by atoms with Crippen molar-refractivity contribution in [2.45, 2.75) is 84.5 Å². The minimum atomic E-state index is -1.30. The van der Waals surface area contributed by atoms with E-state index in [9.17, 15) is 14.7 Å². The topological polar surface area (TPSA) is 73.2 Å². The normalized spacial score (nSPS) is 28.0. The molecule has 0 spiro atoms. The summed E-state index contributed by atoms with van der Waals surface area (Å²) in [6.45, 7) is 13.9. The number of hydrogen-bond donors (Lipinski definition) is 1. The van der Waals surface area contributed by atoms with E-state index in [2.05, 4.69) is 25.7 Å². The zero-order valence-electron chi connectivity index (χ0n) is 24.5. The van der Waals surface area contributed by atoms with Crippen LogP contribution in [0.5, 0.6) is 0 Å². The van der Waals surface area contributed by atoms with Crippen LogP contribution in [0.2, 0.25) is 10.0 Å². The molecule has 2 aromatic rings. The number of fused-ring (bicyclic) bond motifs is 1. The maximum Gasteiger partial charge on any atom is 0.330 e. The largest absolute Gasteiger partial charge is 0.479 e. The van der Waals surface area contributed by atoms with Crippen molar-refractivity contribution in [3.05, 3.63) is 80.3 Å². The van der Waals surface area contributed by atoms with Crippen LogP contribution in [0.15, 0.2) is 64.1 Å². The van der Waals surface area contributed by atoms with Crippen LogP contribution >= 0.6 is 35.0 Å². The predicted molar refractivity (Wildman–Crippen MR) is 167 cm³/mol. The Morgan fingerprint density at radius 1 is 1.05 bits per heavy atom. The van der Waals surface area contributed by atoms with Crippen molar-refractivity contribution in [3.8, 4) is 0 Å². The van der Waals surface area contributed by atoms with Gasteiger partial charge < -0.3 is 14.9 Å². The fourth-order valence-corrected chi connectivity index (χ4v) is 8.45. The first-order valence-electron chi connectivity index (χ1n) is 14.0. The Bertz CT molecular complexity index is 1450. The van der Waals surface area contributed by atoms with Gasteiger partial charge in [0, 0.05) is 21.8 Å². The monoisotopic (exact) mass is 613 g/mol. The van der Waals surface area contributed by atoms with E-state index in [4.69, 9.17) is 28.2 Å². The Morgan fingerprint density at radius 2 is 1.61 bits per heavy atom. The number of halogens is 2. The van der Waals surface area contributed by atoms with Crippen LogP contribution in [0.4, 0.5) is 0 Å². The molecule has 3 heterocycles. The number of hydrogen-bond acceptors (Lipinski definition) is 5. The average molecular weight is 615 g/mol. The van der Waals surface area contributed by atoms with Crippen LogP contribution < -0.4 is 0 Å². The van der Waals surface area contributed by atoms with Gasteiger partial charge >= 0.3 is 5.97 Å². The van der Waals surface area contributed by atoms with Gasteiger partial charge in [-0.3, -0.25) is 4.79 Å². The Morgan fingerprint density at radius 3 is 2.12 bits per heavy atom. The van der Waals surface area contributed by atoms with Crippen molar-refractivity contribution in [2.75, 3.05) is 0 Å². The summed E-state index contributed by atoms with van der Waals surface area (Å²) in [5.74, 6) is -1.21. The minimum Gasteiger partial charge on any atom is -0.479 e. The summed E-state index contributed by atoms with van der Waals surface area (Å²) in [5, 5.41) is 12.6. The van der Waals surface area contributed by atoms with Crippen LogP contribution in [0.1, 0.15) is 78.5 Å². The summed E-state index contributed by atoms with van der Waals surface area (Å²) >= 11 is 13.9. The van der Waals surface area contributed by atoms with E-state index in [1.807, 2.05) is 76.2 Å². The summed E-state index contributed by atoms with van der Waals surface area (Å²) in [6.07, 6.45) is 1.05. The van der Waals surface area contributed by atoms with E-state index < -0.39 is 22.5 Å². The lowest BCUT2D eigenvalue weighted by molar-refractivity contribution is -0.164. The van der Waals surface area contributed by atoms with Crippen molar-refractivity contribution in [2.24, 2.45) is 16.3 Å². The van der Waals surface area contributed by atoms with E-state index in [0.29, 0.717) is 27.8 Å². The molecule has 1 N–H and O–H groups in total. The van der Waals surface area contributed by atoms with Crippen LogP contribution in [-0.2, 0) is 15.1 Å². The standard InChI is InChI=1S/C32H37Cl2N3O3S/c1-18(2)24-25(27(38)37-19(3)16-17-32(37,28(39)40)30(4,5)6)41-29-35-31(7,21-10-14-23(34)15-11-21)26(36(24)29)20-8-12-22(33)13-9-20/h8-15,18-19,26H,16-17H2,1-7H3,(H,39,40)/t19-,26-,31+,32+/m1/s1. The highest BCUT2D eigenvalue weighted by Gasteiger charge is 2.61. The number of thioether (sulfide) groups is 1. The van der Waals surface area contributed by atoms with Crippen molar-refractivity contribution in [1.29, 1.82) is 0 Å². The summed E-state index contributed by atoms with van der Waals surface area (Å²) in [6, 6.07) is 15.1. The molecule has 9 heteroatoms. The highest BCUT2D eigenvalue weighted by molar-refractivity contribution is 8.18. The van der Waals surface area contributed by atoms with Crippen molar-refractivity contribution in [1.82, 2.24) is 9.80 Å². The Kier molecular flexibility index (Phi) is 7.57. The van der Waals surface area contributed by atoms with Gasteiger partial charge in [0.25, 0.3) is 5.91 Å². The van der Waals surface area contributed by atoms with Gasteiger partial charge in [-0.05, 0) is 85.2 Å². The molecule has 4 atom stereocenters. The molecule has 0 aromatic heterocycles. The van der Waals surface area contributed by atoms with Gasteiger partial charge in [0.2, 0.25) is 0 Å². The third-order valence-electron chi connectivity index (χ3n) is 8.95. The van der Waals surface area contributed by atoms with Gasteiger partial charge in [0.15, 0.2) is 5.17 Å². The second-order valence-electron chi connectivity index (χ2n) is 12.8. The molecule has 218 valence electrons. The van der Waals surface area contributed by atoms with Gasteiger partial charge in [-0.2, -0.15) is 0 Å². The number of carbonyl (C=O) groups excluding carboxylic acids is 1. The predicted octanol–water partition coefficient (Wildman–Crippen LogP) is 8.12. The fourth-order valence-electron chi connectivity index (χ4n) is 6.86. The maximum atomic E-state index is 14.6. The smallest absolute Gasteiger partial charge is 0.330 e. The average Bonchev–Trinajstić information content (AvgIpc) is 3.52. The second-order valence-corrected chi connectivity index (χ2v) is 14.7.